The van der Waals surface area contributed by atoms with Gasteiger partial charge in [-0.25, -0.2) is 0 Å². The summed E-state index contributed by atoms with van der Waals surface area (Å²) >= 11 is 0. The molecular formula is C28H30N2O6. The summed E-state index contributed by atoms with van der Waals surface area (Å²) in [4.78, 5) is 31.4. The molecule has 1 aromatic heterocycles. The molecule has 0 radical (unpaired) electrons. The first-order chi connectivity index (χ1) is 17.6. The molecular weight excluding hydrogens is 460 g/mol. The van der Waals surface area contributed by atoms with Gasteiger partial charge in [0.05, 0.1) is 36.8 Å². The maximum atomic E-state index is 13.7. The van der Waals surface area contributed by atoms with Gasteiger partial charge >= 0.3 is 0 Å². The third-order valence-electron chi connectivity index (χ3n) is 6.57. The van der Waals surface area contributed by atoms with Crippen LogP contribution in [0.1, 0.15) is 34.6 Å². The topological polar surface area (TPSA) is 81.5 Å². The van der Waals surface area contributed by atoms with E-state index in [1.54, 1.807) is 29.2 Å². The maximum Gasteiger partial charge on any atom is 0.290 e. The predicted octanol–water partition coefficient (Wildman–Crippen LogP) is 3.63. The van der Waals surface area contributed by atoms with E-state index in [9.17, 15) is 9.59 Å². The summed E-state index contributed by atoms with van der Waals surface area (Å²) in [5.74, 6) is 1.10. The number of benzene rings is 2. The fourth-order valence-corrected chi connectivity index (χ4v) is 4.81. The van der Waals surface area contributed by atoms with Gasteiger partial charge in [0.15, 0.2) is 5.43 Å². The van der Waals surface area contributed by atoms with Crippen molar-refractivity contribution >= 4 is 16.9 Å². The lowest BCUT2D eigenvalue weighted by Gasteiger charge is -2.31. The van der Waals surface area contributed by atoms with Gasteiger partial charge in [-0.1, -0.05) is 24.8 Å². The minimum Gasteiger partial charge on any atom is -0.494 e. The molecule has 0 aliphatic carbocycles. The first-order valence-electron chi connectivity index (χ1n) is 12.3. The summed E-state index contributed by atoms with van der Waals surface area (Å²) in [6.45, 7) is 10.6. The molecule has 0 N–H and O–H groups in total. The van der Waals surface area contributed by atoms with Gasteiger partial charge in [0.2, 0.25) is 5.76 Å². The zero-order chi connectivity index (χ0) is 25.1. The van der Waals surface area contributed by atoms with E-state index in [4.69, 9.17) is 18.6 Å². The molecule has 8 nitrogen and oxygen atoms in total. The normalized spacial score (nSPS) is 17.9. The number of rotatable bonds is 9. The molecule has 2 aromatic carbocycles. The maximum absolute atomic E-state index is 13.7. The lowest BCUT2D eigenvalue weighted by Crippen LogP contribution is -2.42. The van der Waals surface area contributed by atoms with Crippen molar-refractivity contribution in [2.45, 2.75) is 13.0 Å². The van der Waals surface area contributed by atoms with Crippen LogP contribution in [0.3, 0.4) is 0 Å². The number of carbonyl (C=O) groups excluding carboxylic acids is 1. The molecule has 8 heteroatoms. The Hall–Kier alpha value is -3.62. The quantitative estimate of drug-likeness (QED) is 0.424. The summed E-state index contributed by atoms with van der Waals surface area (Å²) < 4.78 is 22.7. The van der Waals surface area contributed by atoms with Crippen molar-refractivity contribution in [1.82, 2.24) is 9.80 Å². The summed E-state index contributed by atoms with van der Waals surface area (Å²) in [6, 6.07) is 12.1. The molecule has 3 aromatic rings. The highest BCUT2D eigenvalue weighted by atomic mass is 16.5. The highest BCUT2D eigenvalue weighted by molar-refractivity contribution is 5.99. The molecule has 1 amide bonds. The molecule has 2 aliphatic rings. The highest BCUT2D eigenvalue weighted by Gasteiger charge is 2.42. The molecule has 0 saturated carbocycles. The molecule has 1 fully saturated rings. The van der Waals surface area contributed by atoms with Crippen molar-refractivity contribution in [2.24, 2.45) is 0 Å². The van der Waals surface area contributed by atoms with Crippen molar-refractivity contribution in [3.63, 3.8) is 0 Å². The van der Waals surface area contributed by atoms with Crippen molar-refractivity contribution in [3.8, 4) is 11.5 Å². The van der Waals surface area contributed by atoms with E-state index >= 15 is 0 Å². The van der Waals surface area contributed by atoms with E-state index in [1.165, 1.54) is 0 Å². The van der Waals surface area contributed by atoms with Crippen LogP contribution in [-0.2, 0) is 4.74 Å². The van der Waals surface area contributed by atoms with Crippen molar-refractivity contribution in [2.75, 3.05) is 52.6 Å². The standard InChI is InChI=1S/C28H30N2O6/c1-3-15-35-20-7-5-19(6-8-20)25-24-26(31)22-10-9-21(34-4-2)18-23(22)36-27(24)28(32)30(25)12-11-29-13-16-33-17-14-29/h3,5-10,18,25H,1,4,11-17H2,2H3. The van der Waals surface area contributed by atoms with Gasteiger partial charge in [-0.2, -0.15) is 0 Å². The van der Waals surface area contributed by atoms with Crippen LogP contribution in [-0.4, -0.2) is 68.3 Å². The molecule has 0 bridgehead atoms. The zero-order valence-electron chi connectivity index (χ0n) is 20.4. The van der Waals surface area contributed by atoms with Crippen LogP contribution < -0.4 is 14.9 Å². The van der Waals surface area contributed by atoms with Crippen molar-refractivity contribution < 1.29 is 23.4 Å². The molecule has 5 rings (SSSR count). The Labute approximate surface area is 209 Å². The first-order valence-corrected chi connectivity index (χ1v) is 12.3. The van der Waals surface area contributed by atoms with Gasteiger partial charge in [-0.05, 0) is 36.8 Å². The van der Waals surface area contributed by atoms with Gasteiger partial charge in [-0.15, -0.1) is 0 Å². The van der Waals surface area contributed by atoms with Crippen LogP contribution in [0.5, 0.6) is 11.5 Å². The Morgan fingerprint density at radius 1 is 1.03 bits per heavy atom. The fourth-order valence-electron chi connectivity index (χ4n) is 4.81. The van der Waals surface area contributed by atoms with Crippen LogP contribution in [0.4, 0.5) is 0 Å². The average Bonchev–Trinajstić information content (AvgIpc) is 3.19. The van der Waals surface area contributed by atoms with Gasteiger partial charge in [0.1, 0.15) is 23.7 Å². The van der Waals surface area contributed by atoms with Crippen LogP contribution in [0, 0.1) is 0 Å². The SMILES string of the molecule is C=CCOc1ccc(C2c3c(oc4cc(OCC)ccc4c3=O)C(=O)N2CCN2CCOCC2)cc1. The molecule has 1 unspecified atom stereocenters. The van der Waals surface area contributed by atoms with Crippen molar-refractivity contribution in [1.29, 1.82) is 0 Å². The van der Waals surface area contributed by atoms with Crippen molar-refractivity contribution in [3.05, 3.63) is 82.2 Å². The van der Waals surface area contributed by atoms with E-state index in [0.29, 0.717) is 67.5 Å². The Balaban J connectivity index is 1.55. The number of fused-ring (bicyclic) bond motifs is 2. The molecule has 36 heavy (non-hydrogen) atoms. The number of hydrogen-bond acceptors (Lipinski definition) is 7. The van der Waals surface area contributed by atoms with Gasteiger partial charge in [0.25, 0.3) is 5.91 Å². The number of ether oxygens (including phenoxy) is 3. The van der Waals surface area contributed by atoms with Crippen LogP contribution in [0.15, 0.2) is 64.3 Å². The average molecular weight is 491 g/mol. The van der Waals surface area contributed by atoms with E-state index in [2.05, 4.69) is 11.5 Å². The summed E-state index contributed by atoms with van der Waals surface area (Å²) in [5.41, 5.74) is 1.35. The third kappa shape index (κ3) is 4.62. The second-order valence-electron chi connectivity index (χ2n) is 8.79. The second-order valence-corrected chi connectivity index (χ2v) is 8.79. The predicted molar refractivity (Wildman–Crippen MR) is 136 cm³/mol. The Morgan fingerprint density at radius 3 is 2.50 bits per heavy atom. The van der Waals surface area contributed by atoms with E-state index in [0.717, 1.165) is 18.7 Å². The lowest BCUT2D eigenvalue weighted by molar-refractivity contribution is 0.0314. The largest absolute Gasteiger partial charge is 0.494 e. The van der Waals surface area contributed by atoms with Crippen LogP contribution >= 0.6 is 0 Å². The number of nitrogens with zero attached hydrogens (tertiary/aromatic N) is 2. The Morgan fingerprint density at radius 2 is 1.78 bits per heavy atom. The molecule has 188 valence electrons. The minimum absolute atomic E-state index is 0.0973. The second kappa shape index (κ2) is 10.6. The number of amides is 1. The summed E-state index contributed by atoms with van der Waals surface area (Å²) in [6.07, 6.45) is 1.68. The van der Waals surface area contributed by atoms with E-state index < -0.39 is 6.04 Å². The van der Waals surface area contributed by atoms with Crippen LogP contribution in [0.2, 0.25) is 0 Å². The number of carbonyl (C=O) groups is 1. The minimum atomic E-state index is -0.547. The Kier molecular flexibility index (Phi) is 7.06. The highest BCUT2D eigenvalue weighted by Crippen LogP contribution is 2.39. The molecule has 3 heterocycles. The fraction of sp³-hybridized carbons (Fsp3) is 0.357. The van der Waals surface area contributed by atoms with Crippen LogP contribution in [0.25, 0.3) is 11.0 Å². The Bertz CT molecular complexity index is 1310. The summed E-state index contributed by atoms with van der Waals surface area (Å²) in [5, 5.41) is 0.427. The lowest BCUT2D eigenvalue weighted by atomic mass is 9.98. The van der Waals surface area contributed by atoms with Gasteiger partial charge in [-0.3, -0.25) is 14.5 Å². The summed E-state index contributed by atoms with van der Waals surface area (Å²) in [7, 11) is 0. The van der Waals surface area contributed by atoms with E-state index in [-0.39, 0.29) is 17.1 Å². The zero-order valence-corrected chi connectivity index (χ0v) is 20.4. The monoisotopic (exact) mass is 490 g/mol. The molecule has 1 atom stereocenters. The van der Waals surface area contributed by atoms with Gasteiger partial charge in [0, 0.05) is 32.2 Å². The third-order valence-corrected chi connectivity index (χ3v) is 6.57. The molecule has 2 aliphatic heterocycles. The number of morpholine rings is 1. The van der Waals surface area contributed by atoms with E-state index in [1.807, 2.05) is 31.2 Å². The smallest absolute Gasteiger partial charge is 0.290 e. The molecule has 0 spiro atoms. The molecule has 1 saturated heterocycles. The first kappa shape index (κ1) is 24.1. The van der Waals surface area contributed by atoms with Gasteiger partial charge < -0.3 is 23.5 Å². The number of hydrogen-bond donors (Lipinski definition) is 0.